The van der Waals surface area contributed by atoms with Crippen LogP contribution < -0.4 is 10.6 Å². The van der Waals surface area contributed by atoms with Gasteiger partial charge in [-0.25, -0.2) is 0 Å². The molecule has 22 heavy (non-hydrogen) atoms. The normalized spacial score (nSPS) is 11.1. The monoisotopic (exact) mass is 332 g/mol. The molecular formula is C18H21ClN2S. The van der Waals surface area contributed by atoms with Crippen LogP contribution >= 0.6 is 23.8 Å². The van der Waals surface area contributed by atoms with E-state index in [1.54, 1.807) is 0 Å². The molecule has 0 spiro atoms. The lowest BCUT2D eigenvalue weighted by atomic mass is 9.86. The van der Waals surface area contributed by atoms with Crippen LogP contribution in [-0.2, 0) is 5.41 Å². The fourth-order valence-corrected chi connectivity index (χ4v) is 2.61. The van der Waals surface area contributed by atoms with Gasteiger partial charge in [0.25, 0.3) is 0 Å². The highest BCUT2D eigenvalue weighted by molar-refractivity contribution is 7.80. The number of nitrogens with one attached hydrogen (secondary N) is 2. The molecule has 2 aromatic carbocycles. The summed E-state index contributed by atoms with van der Waals surface area (Å²) < 4.78 is 0. The average Bonchev–Trinajstić information content (AvgIpc) is 2.42. The first kappa shape index (κ1) is 16.8. The van der Waals surface area contributed by atoms with Crippen molar-refractivity contribution in [3.8, 4) is 0 Å². The number of para-hydroxylation sites is 1. The van der Waals surface area contributed by atoms with Crippen molar-refractivity contribution in [3.63, 3.8) is 0 Å². The van der Waals surface area contributed by atoms with Gasteiger partial charge in [-0.15, -0.1) is 0 Å². The number of rotatable bonds is 2. The van der Waals surface area contributed by atoms with Gasteiger partial charge in [0, 0.05) is 16.4 Å². The molecule has 0 aromatic heterocycles. The molecule has 0 saturated carbocycles. The minimum absolute atomic E-state index is 0.0480. The lowest BCUT2D eigenvalue weighted by molar-refractivity contribution is 0.592. The molecule has 116 valence electrons. The van der Waals surface area contributed by atoms with Crippen LogP contribution in [0.15, 0.2) is 42.5 Å². The third-order valence-corrected chi connectivity index (χ3v) is 4.02. The number of anilines is 2. The molecule has 0 aliphatic heterocycles. The molecule has 0 saturated heterocycles. The van der Waals surface area contributed by atoms with Gasteiger partial charge in [0.1, 0.15) is 0 Å². The number of benzene rings is 2. The van der Waals surface area contributed by atoms with E-state index in [4.69, 9.17) is 23.8 Å². The Balaban J connectivity index is 2.14. The Bertz CT molecular complexity index is 690. The van der Waals surface area contributed by atoms with Crippen molar-refractivity contribution in [1.29, 1.82) is 0 Å². The minimum Gasteiger partial charge on any atom is -0.332 e. The Morgan fingerprint density at radius 2 is 1.73 bits per heavy atom. The maximum Gasteiger partial charge on any atom is 0.175 e. The highest BCUT2D eigenvalue weighted by Gasteiger charge is 2.17. The molecule has 0 heterocycles. The molecule has 0 fully saturated rings. The van der Waals surface area contributed by atoms with Crippen LogP contribution in [0.2, 0.25) is 5.02 Å². The van der Waals surface area contributed by atoms with Crippen molar-refractivity contribution in [3.05, 3.63) is 58.6 Å². The summed E-state index contributed by atoms with van der Waals surface area (Å²) in [5.74, 6) is 0. The number of hydrogen-bond donors (Lipinski definition) is 2. The van der Waals surface area contributed by atoms with Crippen molar-refractivity contribution in [1.82, 2.24) is 0 Å². The van der Waals surface area contributed by atoms with Crippen LogP contribution in [0.3, 0.4) is 0 Å². The van der Waals surface area contributed by atoms with Crippen LogP contribution in [0.1, 0.15) is 31.9 Å². The standard InChI is InChI=1S/C18H21ClN2S/c1-12-9-10-13(11-15(12)19)20-17(22)21-16-8-6-5-7-14(16)18(2,3)4/h5-11H,1-4H3,(H2,20,21,22). The van der Waals surface area contributed by atoms with Crippen LogP contribution in [0.25, 0.3) is 0 Å². The second-order valence-corrected chi connectivity index (χ2v) is 7.15. The Morgan fingerprint density at radius 3 is 2.36 bits per heavy atom. The summed E-state index contributed by atoms with van der Waals surface area (Å²) in [5, 5.41) is 7.73. The molecule has 2 N–H and O–H groups in total. The summed E-state index contributed by atoms with van der Waals surface area (Å²) in [7, 11) is 0. The topological polar surface area (TPSA) is 24.1 Å². The second-order valence-electron chi connectivity index (χ2n) is 6.34. The van der Waals surface area contributed by atoms with Gasteiger partial charge in [0.2, 0.25) is 0 Å². The number of hydrogen-bond acceptors (Lipinski definition) is 1. The molecule has 2 rings (SSSR count). The Hall–Kier alpha value is -1.58. The molecule has 0 unspecified atom stereocenters. The van der Waals surface area contributed by atoms with Crippen LogP contribution in [0, 0.1) is 6.92 Å². The fourth-order valence-electron chi connectivity index (χ4n) is 2.20. The van der Waals surface area contributed by atoms with E-state index in [0.717, 1.165) is 22.0 Å². The van der Waals surface area contributed by atoms with Gasteiger partial charge in [0.15, 0.2) is 5.11 Å². The lowest BCUT2D eigenvalue weighted by Crippen LogP contribution is -2.22. The van der Waals surface area contributed by atoms with Gasteiger partial charge in [-0.1, -0.05) is 56.6 Å². The molecule has 2 nitrogen and oxygen atoms in total. The van der Waals surface area contributed by atoms with Crippen LogP contribution in [0.4, 0.5) is 11.4 Å². The zero-order valence-corrected chi connectivity index (χ0v) is 14.9. The lowest BCUT2D eigenvalue weighted by Gasteiger charge is -2.23. The van der Waals surface area contributed by atoms with Gasteiger partial charge in [0.05, 0.1) is 0 Å². The maximum atomic E-state index is 6.14. The molecule has 0 atom stereocenters. The third-order valence-electron chi connectivity index (χ3n) is 3.41. The summed E-state index contributed by atoms with van der Waals surface area (Å²) >= 11 is 11.6. The van der Waals surface area contributed by atoms with Gasteiger partial charge >= 0.3 is 0 Å². The van der Waals surface area contributed by atoms with Crippen molar-refractivity contribution < 1.29 is 0 Å². The Kier molecular flexibility index (Phi) is 5.09. The van der Waals surface area contributed by atoms with E-state index in [1.807, 2.05) is 43.3 Å². The number of halogens is 1. The highest BCUT2D eigenvalue weighted by Crippen LogP contribution is 2.29. The highest BCUT2D eigenvalue weighted by atomic mass is 35.5. The zero-order valence-electron chi connectivity index (χ0n) is 13.3. The van der Waals surface area contributed by atoms with E-state index in [2.05, 4.69) is 37.5 Å². The third kappa shape index (κ3) is 4.21. The first-order chi connectivity index (χ1) is 10.3. The van der Waals surface area contributed by atoms with Crippen molar-refractivity contribution >= 4 is 40.3 Å². The van der Waals surface area contributed by atoms with Crippen LogP contribution in [-0.4, -0.2) is 5.11 Å². The molecule has 0 aliphatic rings. The Labute approximate surface area is 142 Å². The molecular weight excluding hydrogens is 312 g/mol. The van der Waals surface area contributed by atoms with Gasteiger partial charge < -0.3 is 10.6 Å². The minimum atomic E-state index is 0.0480. The van der Waals surface area contributed by atoms with E-state index in [-0.39, 0.29) is 5.41 Å². The van der Waals surface area contributed by atoms with Gasteiger partial charge in [-0.05, 0) is 53.9 Å². The van der Waals surface area contributed by atoms with E-state index in [0.29, 0.717) is 5.11 Å². The van der Waals surface area contributed by atoms with Crippen molar-refractivity contribution in [2.75, 3.05) is 10.6 Å². The fraction of sp³-hybridized carbons (Fsp3) is 0.278. The summed E-state index contributed by atoms with van der Waals surface area (Å²) in [6.07, 6.45) is 0. The first-order valence-corrected chi connectivity index (χ1v) is 7.99. The molecule has 0 radical (unpaired) electrons. The summed E-state index contributed by atoms with van der Waals surface area (Å²) in [5.41, 5.74) is 4.21. The number of aryl methyl sites for hydroxylation is 1. The van der Waals surface area contributed by atoms with E-state index < -0.39 is 0 Å². The quantitative estimate of drug-likeness (QED) is 0.684. The predicted octanol–water partition coefficient (Wildman–Crippen LogP) is 5.75. The molecule has 0 aliphatic carbocycles. The summed E-state index contributed by atoms with van der Waals surface area (Å²) in [4.78, 5) is 0. The number of thiocarbonyl (C=S) groups is 1. The second kappa shape index (κ2) is 6.67. The SMILES string of the molecule is Cc1ccc(NC(=S)Nc2ccccc2C(C)(C)C)cc1Cl. The van der Waals surface area contributed by atoms with Crippen molar-refractivity contribution in [2.24, 2.45) is 0 Å². The van der Waals surface area contributed by atoms with Crippen molar-refractivity contribution in [2.45, 2.75) is 33.1 Å². The maximum absolute atomic E-state index is 6.14. The van der Waals surface area contributed by atoms with E-state index in [9.17, 15) is 0 Å². The largest absolute Gasteiger partial charge is 0.332 e. The molecule has 0 bridgehead atoms. The zero-order chi connectivity index (χ0) is 16.3. The van der Waals surface area contributed by atoms with Gasteiger partial charge in [-0.3, -0.25) is 0 Å². The summed E-state index contributed by atoms with van der Waals surface area (Å²) in [6, 6.07) is 14.0. The molecule has 0 amide bonds. The average molecular weight is 333 g/mol. The van der Waals surface area contributed by atoms with E-state index >= 15 is 0 Å². The first-order valence-electron chi connectivity index (χ1n) is 7.21. The van der Waals surface area contributed by atoms with Crippen LogP contribution in [0.5, 0.6) is 0 Å². The summed E-state index contributed by atoms with van der Waals surface area (Å²) in [6.45, 7) is 8.53. The van der Waals surface area contributed by atoms with Gasteiger partial charge in [-0.2, -0.15) is 0 Å². The molecule has 4 heteroatoms. The smallest absolute Gasteiger partial charge is 0.175 e. The molecule has 2 aromatic rings. The Morgan fingerprint density at radius 1 is 1.05 bits per heavy atom. The van der Waals surface area contributed by atoms with E-state index in [1.165, 1.54) is 5.56 Å². The predicted molar refractivity (Wildman–Crippen MR) is 101 cm³/mol.